The molecular formula is C16H20N6O. The van der Waals surface area contributed by atoms with E-state index in [1.54, 1.807) is 0 Å². The molecule has 0 spiro atoms. The van der Waals surface area contributed by atoms with Gasteiger partial charge in [-0.25, -0.2) is 15.0 Å². The molecule has 120 valence electrons. The molecule has 1 fully saturated rings. The van der Waals surface area contributed by atoms with Gasteiger partial charge in [0.15, 0.2) is 0 Å². The van der Waals surface area contributed by atoms with Crippen molar-refractivity contribution in [3.63, 3.8) is 0 Å². The van der Waals surface area contributed by atoms with Gasteiger partial charge in [0.1, 0.15) is 5.82 Å². The number of anilines is 1. The number of nitrogens with zero attached hydrogens (tertiary/aromatic N) is 5. The van der Waals surface area contributed by atoms with Crippen LogP contribution in [0.1, 0.15) is 29.9 Å². The van der Waals surface area contributed by atoms with Crippen molar-refractivity contribution in [2.75, 3.05) is 11.4 Å². The number of hydrogen-bond donors (Lipinski definition) is 1. The van der Waals surface area contributed by atoms with Crippen molar-refractivity contribution in [2.24, 2.45) is 5.92 Å². The van der Waals surface area contributed by atoms with E-state index >= 15 is 0 Å². The number of carbonyl (C=O) groups excluding carboxylic acids is 1. The molecule has 3 heterocycles. The lowest BCUT2D eigenvalue weighted by atomic mass is 10.3. The molecule has 7 heteroatoms. The number of carbonyl (C=O) groups is 1. The molecule has 1 saturated carbocycles. The number of imidazole rings is 1. The zero-order valence-electron chi connectivity index (χ0n) is 13.2. The van der Waals surface area contributed by atoms with Crippen molar-refractivity contribution >= 4 is 11.9 Å². The minimum Gasteiger partial charge on any atom is -0.350 e. The summed E-state index contributed by atoms with van der Waals surface area (Å²) in [7, 11) is 0. The maximum absolute atomic E-state index is 11.8. The highest BCUT2D eigenvalue weighted by Crippen LogP contribution is 2.28. The summed E-state index contributed by atoms with van der Waals surface area (Å²) >= 11 is 0. The zero-order valence-corrected chi connectivity index (χ0v) is 13.2. The van der Waals surface area contributed by atoms with Gasteiger partial charge in [0.2, 0.25) is 11.9 Å². The molecule has 1 aliphatic carbocycles. The first-order valence-electron chi connectivity index (χ1n) is 8.05. The minimum absolute atomic E-state index is 0.172. The topological polar surface area (TPSA) is 75.9 Å². The van der Waals surface area contributed by atoms with Gasteiger partial charge < -0.3 is 14.8 Å². The Morgan fingerprint density at radius 3 is 2.74 bits per heavy atom. The van der Waals surface area contributed by atoms with Gasteiger partial charge in [-0.2, -0.15) is 0 Å². The molecule has 4 rings (SSSR count). The van der Waals surface area contributed by atoms with E-state index in [-0.39, 0.29) is 11.8 Å². The van der Waals surface area contributed by atoms with Gasteiger partial charge in [-0.1, -0.05) is 0 Å². The lowest BCUT2D eigenvalue weighted by Crippen LogP contribution is -2.36. The highest BCUT2D eigenvalue weighted by Gasteiger charge is 2.29. The Labute approximate surface area is 134 Å². The molecule has 1 amide bonds. The van der Waals surface area contributed by atoms with Crippen LogP contribution in [-0.4, -0.2) is 32.0 Å². The normalized spacial score (nSPS) is 17.0. The Bertz CT molecular complexity index is 719. The first-order chi connectivity index (χ1) is 11.2. The van der Waals surface area contributed by atoms with Gasteiger partial charge in [0.05, 0.1) is 25.0 Å². The first kappa shape index (κ1) is 14.2. The second kappa shape index (κ2) is 5.64. The smallest absolute Gasteiger partial charge is 0.225 e. The summed E-state index contributed by atoms with van der Waals surface area (Å²) in [6.45, 7) is 4.91. The number of nitrogens with one attached hydrogen (secondary N) is 1. The average Bonchev–Trinajstić information content (AvgIpc) is 3.34. The van der Waals surface area contributed by atoms with Crippen LogP contribution in [0.4, 0.5) is 5.95 Å². The summed E-state index contributed by atoms with van der Waals surface area (Å²) in [6.07, 6.45) is 7.59. The molecule has 0 radical (unpaired) electrons. The predicted octanol–water partition coefficient (Wildman–Crippen LogP) is 1.03. The average molecular weight is 312 g/mol. The van der Waals surface area contributed by atoms with E-state index in [4.69, 9.17) is 0 Å². The molecule has 2 aromatic rings. The second-order valence-corrected chi connectivity index (χ2v) is 6.29. The number of aromatic nitrogens is 4. The summed E-state index contributed by atoms with van der Waals surface area (Å²) in [5.41, 5.74) is 2.12. The maximum atomic E-state index is 11.8. The Morgan fingerprint density at radius 1 is 1.22 bits per heavy atom. The van der Waals surface area contributed by atoms with Crippen LogP contribution in [0.2, 0.25) is 0 Å². The van der Waals surface area contributed by atoms with Crippen LogP contribution in [0.5, 0.6) is 0 Å². The quantitative estimate of drug-likeness (QED) is 0.912. The molecule has 0 aromatic carbocycles. The number of amides is 1. The highest BCUT2D eigenvalue weighted by molar-refractivity contribution is 5.80. The summed E-state index contributed by atoms with van der Waals surface area (Å²) in [5, 5.41) is 3.01. The number of aryl methyl sites for hydroxylation is 1. The van der Waals surface area contributed by atoms with Gasteiger partial charge in [-0.15, -0.1) is 0 Å². The van der Waals surface area contributed by atoms with E-state index in [9.17, 15) is 4.79 Å². The molecule has 2 aliphatic rings. The molecule has 0 unspecified atom stereocenters. The zero-order chi connectivity index (χ0) is 15.8. The first-order valence-corrected chi connectivity index (χ1v) is 8.05. The molecule has 7 nitrogen and oxygen atoms in total. The highest BCUT2D eigenvalue weighted by atomic mass is 16.2. The van der Waals surface area contributed by atoms with Crippen molar-refractivity contribution < 1.29 is 4.79 Å². The monoisotopic (exact) mass is 312 g/mol. The van der Waals surface area contributed by atoms with E-state index < -0.39 is 0 Å². The van der Waals surface area contributed by atoms with E-state index in [1.165, 1.54) is 0 Å². The van der Waals surface area contributed by atoms with E-state index in [2.05, 4.69) is 29.7 Å². The molecule has 0 atom stereocenters. The molecule has 1 aliphatic heterocycles. The third-order valence-corrected chi connectivity index (χ3v) is 4.39. The fourth-order valence-electron chi connectivity index (χ4n) is 2.85. The second-order valence-electron chi connectivity index (χ2n) is 6.29. The van der Waals surface area contributed by atoms with Crippen molar-refractivity contribution in [3.05, 3.63) is 35.7 Å². The lowest BCUT2D eigenvalue weighted by Gasteiger charge is -2.28. The fourth-order valence-corrected chi connectivity index (χ4v) is 2.85. The maximum Gasteiger partial charge on any atom is 0.225 e. The van der Waals surface area contributed by atoms with Crippen molar-refractivity contribution in [2.45, 2.75) is 39.4 Å². The Morgan fingerprint density at radius 2 is 2.00 bits per heavy atom. The summed E-state index contributed by atoms with van der Waals surface area (Å²) in [6, 6.07) is 0. The standard InChI is InChI=1S/C16H20N6O/c1-11-6-19-16(20-7-11)21-4-5-22-13(8-17-14(22)10-21)9-18-15(23)12-2-3-12/h6-8,12H,2-5,9-10H2,1H3,(H,18,23). The summed E-state index contributed by atoms with van der Waals surface area (Å²) in [5.74, 6) is 2.16. The Kier molecular flexibility index (Phi) is 3.48. The summed E-state index contributed by atoms with van der Waals surface area (Å²) < 4.78 is 2.19. The largest absolute Gasteiger partial charge is 0.350 e. The van der Waals surface area contributed by atoms with Gasteiger partial charge in [0.25, 0.3) is 0 Å². The van der Waals surface area contributed by atoms with E-state index in [0.717, 1.165) is 49.0 Å². The third kappa shape index (κ3) is 2.91. The van der Waals surface area contributed by atoms with Gasteiger partial charge in [-0.05, 0) is 25.3 Å². The Hall–Kier alpha value is -2.44. The van der Waals surface area contributed by atoms with E-state index in [0.29, 0.717) is 13.1 Å². The molecule has 0 bridgehead atoms. The lowest BCUT2D eigenvalue weighted by molar-refractivity contribution is -0.122. The van der Waals surface area contributed by atoms with Crippen LogP contribution in [0.15, 0.2) is 18.6 Å². The number of fused-ring (bicyclic) bond motifs is 1. The van der Waals surface area contributed by atoms with Crippen LogP contribution < -0.4 is 10.2 Å². The SMILES string of the molecule is Cc1cnc(N2CCn3c(CNC(=O)C4CC4)cnc3C2)nc1. The van der Waals surface area contributed by atoms with Crippen molar-refractivity contribution in [3.8, 4) is 0 Å². The van der Waals surface area contributed by atoms with Gasteiger partial charge >= 0.3 is 0 Å². The molecule has 23 heavy (non-hydrogen) atoms. The van der Waals surface area contributed by atoms with Gasteiger partial charge in [0, 0.05) is 31.4 Å². The predicted molar refractivity (Wildman–Crippen MR) is 84.6 cm³/mol. The Balaban J connectivity index is 1.44. The van der Waals surface area contributed by atoms with Gasteiger partial charge in [-0.3, -0.25) is 4.79 Å². The van der Waals surface area contributed by atoms with Crippen LogP contribution in [0.3, 0.4) is 0 Å². The van der Waals surface area contributed by atoms with Crippen molar-refractivity contribution in [1.82, 2.24) is 24.8 Å². The fraction of sp³-hybridized carbons (Fsp3) is 0.500. The van der Waals surface area contributed by atoms with Crippen molar-refractivity contribution in [1.29, 1.82) is 0 Å². The third-order valence-electron chi connectivity index (χ3n) is 4.39. The molecule has 1 N–H and O–H groups in total. The number of rotatable bonds is 4. The minimum atomic E-state index is 0.172. The summed E-state index contributed by atoms with van der Waals surface area (Å²) in [4.78, 5) is 27.2. The molecular weight excluding hydrogens is 292 g/mol. The van der Waals surface area contributed by atoms with Crippen LogP contribution in [0, 0.1) is 12.8 Å². The van der Waals surface area contributed by atoms with E-state index in [1.807, 2.05) is 25.5 Å². The molecule has 2 aromatic heterocycles. The van der Waals surface area contributed by atoms with Crippen LogP contribution >= 0.6 is 0 Å². The molecule has 0 saturated heterocycles. The van der Waals surface area contributed by atoms with Crippen LogP contribution in [0.25, 0.3) is 0 Å². The van der Waals surface area contributed by atoms with Crippen LogP contribution in [-0.2, 0) is 24.4 Å². The number of hydrogen-bond acceptors (Lipinski definition) is 5.